The van der Waals surface area contributed by atoms with Crippen LogP contribution in [0.3, 0.4) is 0 Å². The molecule has 25 heavy (non-hydrogen) atoms. The van der Waals surface area contributed by atoms with Gasteiger partial charge < -0.3 is 9.84 Å². The van der Waals surface area contributed by atoms with Gasteiger partial charge in [-0.05, 0) is 58.7 Å². The van der Waals surface area contributed by atoms with Gasteiger partial charge in [-0.2, -0.15) is 0 Å². The molecule has 1 aromatic heterocycles. The van der Waals surface area contributed by atoms with E-state index in [2.05, 4.69) is 4.98 Å². The number of aliphatic hydroxyl groups excluding tert-OH is 1. The molecule has 1 saturated heterocycles. The zero-order chi connectivity index (χ0) is 18.6. The lowest BCUT2D eigenvalue weighted by atomic mass is 9.73. The molecule has 1 aromatic carbocycles. The summed E-state index contributed by atoms with van der Waals surface area (Å²) in [6.45, 7) is 11.2. The molecule has 1 fully saturated rings. The van der Waals surface area contributed by atoms with Crippen molar-refractivity contribution >= 4 is 17.1 Å². The monoisotopic (exact) mass is 359 g/mol. The smallest absolute Gasteiger partial charge is 0.174 e. The van der Waals surface area contributed by atoms with Crippen molar-refractivity contribution in [3.05, 3.63) is 40.4 Å². The van der Waals surface area contributed by atoms with Crippen LogP contribution in [-0.2, 0) is 9.53 Å². The summed E-state index contributed by atoms with van der Waals surface area (Å²) < 4.78 is 5.89. The maximum absolute atomic E-state index is 13.1. The third-order valence-corrected chi connectivity index (χ3v) is 5.87. The number of aliphatic hydroxyl groups is 1. The van der Waals surface area contributed by atoms with E-state index in [1.54, 1.807) is 25.2 Å². The van der Waals surface area contributed by atoms with Crippen LogP contribution >= 0.6 is 11.3 Å². The number of aromatic nitrogens is 1. The standard InChI is InChI=1S/C20H25NO3S/c1-11-7-8-13(18-21-10-12(2)25-18)9-14(11)15-16(22)19(3,4)24-20(5,6)17(15)23/h7-10,15-16,22H,1-6H3. The summed E-state index contributed by atoms with van der Waals surface area (Å²) in [5.41, 5.74) is 1.08. The van der Waals surface area contributed by atoms with Crippen molar-refractivity contribution < 1.29 is 14.6 Å². The first-order valence-corrected chi connectivity index (χ1v) is 9.30. The number of Topliss-reactive ketones (excluding diaryl/α,β-unsaturated/α-hetero) is 1. The lowest BCUT2D eigenvalue weighted by Crippen LogP contribution is -2.60. The highest BCUT2D eigenvalue weighted by Crippen LogP contribution is 2.43. The Morgan fingerprint density at radius 1 is 1.20 bits per heavy atom. The zero-order valence-corrected chi connectivity index (χ0v) is 16.4. The molecule has 0 amide bonds. The third kappa shape index (κ3) is 3.16. The molecule has 2 heterocycles. The summed E-state index contributed by atoms with van der Waals surface area (Å²) in [5.74, 6) is -0.699. The van der Waals surface area contributed by atoms with Gasteiger partial charge in [-0.3, -0.25) is 4.79 Å². The average Bonchev–Trinajstić information content (AvgIpc) is 2.93. The minimum atomic E-state index is -0.937. The molecule has 2 aromatic rings. The number of benzene rings is 1. The molecule has 1 aliphatic rings. The fourth-order valence-electron chi connectivity index (χ4n) is 3.60. The van der Waals surface area contributed by atoms with Crippen LogP contribution in [0.25, 0.3) is 10.6 Å². The van der Waals surface area contributed by atoms with E-state index in [0.29, 0.717) is 0 Å². The van der Waals surface area contributed by atoms with Gasteiger partial charge in [-0.25, -0.2) is 4.98 Å². The molecular weight excluding hydrogens is 334 g/mol. The van der Waals surface area contributed by atoms with Gasteiger partial charge in [0, 0.05) is 16.6 Å². The number of aryl methyl sites for hydroxylation is 2. The second-order valence-electron chi connectivity index (χ2n) is 7.85. The molecule has 1 N–H and O–H groups in total. The quantitative estimate of drug-likeness (QED) is 0.879. The summed E-state index contributed by atoms with van der Waals surface area (Å²) in [4.78, 5) is 18.6. The predicted octanol–water partition coefficient (Wildman–Crippen LogP) is 4.03. The molecule has 4 nitrogen and oxygen atoms in total. The van der Waals surface area contributed by atoms with Gasteiger partial charge in [-0.15, -0.1) is 11.3 Å². The molecule has 2 unspecified atom stereocenters. The molecule has 0 spiro atoms. The fourth-order valence-corrected chi connectivity index (χ4v) is 4.36. The topological polar surface area (TPSA) is 59.4 Å². The first-order valence-electron chi connectivity index (χ1n) is 8.49. The van der Waals surface area contributed by atoms with Crippen molar-refractivity contribution in [3.8, 4) is 10.6 Å². The van der Waals surface area contributed by atoms with Gasteiger partial charge in [0.1, 0.15) is 10.6 Å². The van der Waals surface area contributed by atoms with Gasteiger partial charge in [0.25, 0.3) is 0 Å². The van der Waals surface area contributed by atoms with E-state index in [1.807, 2.05) is 52.1 Å². The third-order valence-electron chi connectivity index (χ3n) is 4.90. The zero-order valence-electron chi connectivity index (χ0n) is 15.6. The van der Waals surface area contributed by atoms with Gasteiger partial charge in [0.2, 0.25) is 0 Å². The van der Waals surface area contributed by atoms with Crippen molar-refractivity contribution in [2.45, 2.75) is 64.8 Å². The van der Waals surface area contributed by atoms with E-state index in [4.69, 9.17) is 4.74 Å². The van der Waals surface area contributed by atoms with E-state index in [1.165, 1.54) is 0 Å². The van der Waals surface area contributed by atoms with Crippen LogP contribution in [0.2, 0.25) is 0 Å². The van der Waals surface area contributed by atoms with Crippen LogP contribution in [0.5, 0.6) is 0 Å². The Hall–Kier alpha value is -1.56. The second kappa shape index (κ2) is 6.01. The summed E-state index contributed by atoms with van der Waals surface area (Å²) in [6.07, 6.45) is 0.945. The molecule has 0 aliphatic carbocycles. The van der Waals surface area contributed by atoms with Crippen LogP contribution in [0, 0.1) is 13.8 Å². The Bertz CT molecular complexity index is 822. The van der Waals surface area contributed by atoms with Crippen molar-refractivity contribution in [1.29, 1.82) is 0 Å². The lowest BCUT2D eigenvalue weighted by molar-refractivity contribution is -0.210. The number of carbonyl (C=O) groups is 1. The van der Waals surface area contributed by atoms with Gasteiger partial charge in [-0.1, -0.05) is 12.1 Å². The molecule has 0 bridgehead atoms. The summed E-state index contributed by atoms with van der Waals surface area (Å²) in [5, 5.41) is 11.8. The fraction of sp³-hybridized carbons (Fsp3) is 0.500. The van der Waals surface area contributed by atoms with Crippen LogP contribution in [-0.4, -0.2) is 33.2 Å². The van der Waals surface area contributed by atoms with Crippen molar-refractivity contribution in [1.82, 2.24) is 4.98 Å². The normalized spacial score (nSPS) is 25.2. The predicted molar refractivity (Wildman–Crippen MR) is 100 cm³/mol. The molecule has 5 heteroatoms. The van der Waals surface area contributed by atoms with Gasteiger partial charge in [0.15, 0.2) is 5.78 Å². The summed E-state index contributed by atoms with van der Waals surface area (Å²) in [6, 6.07) is 6.01. The molecule has 0 saturated carbocycles. The van der Waals surface area contributed by atoms with Crippen molar-refractivity contribution in [2.75, 3.05) is 0 Å². The summed E-state index contributed by atoms with van der Waals surface area (Å²) >= 11 is 1.62. The number of rotatable bonds is 2. The maximum atomic E-state index is 13.1. The highest BCUT2D eigenvalue weighted by molar-refractivity contribution is 7.14. The second-order valence-corrected chi connectivity index (χ2v) is 9.08. The molecule has 134 valence electrons. The number of nitrogens with zero attached hydrogens (tertiary/aromatic N) is 1. The van der Waals surface area contributed by atoms with Crippen LogP contribution < -0.4 is 0 Å². The number of ether oxygens (including phenoxy) is 1. The van der Waals surface area contributed by atoms with Gasteiger partial charge >= 0.3 is 0 Å². The minimum absolute atomic E-state index is 0.0881. The van der Waals surface area contributed by atoms with Crippen LogP contribution in [0.15, 0.2) is 24.4 Å². The highest BCUT2D eigenvalue weighted by Gasteiger charge is 2.53. The first-order chi connectivity index (χ1) is 11.5. The number of thiazole rings is 1. The van der Waals surface area contributed by atoms with Crippen molar-refractivity contribution in [3.63, 3.8) is 0 Å². The van der Waals surface area contributed by atoms with Gasteiger partial charge in [0.05, 0.1) is 17.6 Å². The molecule has 2 atom stereocenters. The number of hydrogen-bond donors (Lipinski definition) is 1. The Balaban J connectivity index is 2.12. The Labute approximate surface area is 152 Å². The Morgan fingerprint density at radius 2 is 1.88 bits per heavy atom. The summed E-state index contributed by atoms with van der Waals surface area (Å²) in [7, 11) is 0. The number of carbonyl (C=O) groups excluding carboxylic acids is 1. The van der Waals surface area contributed by atoms with Crippen LogP contribution in [0.1, 0.15) is 49.6 Å². The molecule has 1 aliphatic heterocycles. The van der Waals surface area contributed by atoms with E-state index < -0.39 is 23.2 Å². The molecular formula is C20H25NO3S. The highest BCUT2D eigenvalue weighted by atomic mass is 32.1. The number of hydrogen-bond acceptors (Lipinski definition) is 5. The number of ketones is 1. The van der Waals surface area contributed by atoms with E-state index >= 15 is 0 Å². The van der Waals surface area contributed by atoms with Crippen molar-refractivity contribution in [2.24, 2.45) is 0 Å². The molecule has 3 rings (SSSR count). The van der Waals surface area contributed by atoms with E-state index in [-0.39, 0.29) is 5.78 Å². The Kier molecular flexibility index (Phi) is 4.38. The maximum Gasteiger partial charge on any atom is 0.174 e. The van der Waals surface area contributed by atoms with Crippen LogP contribution in [0.4, 0.5) is 0 Å². The van der Waals surface area contributed by atoms with E-state index in [9.17, 15) is 9.90 Å². The van der Waals surface area contributed by atoms with E-state index in [0.717, 1.165) is 26.6 Å². The molecule has 0 radical (unpaired) electrons. The Morgan fingerprint density at radius 3 is 2.48 bits per heavy atom. The first kappa shape index (κ1) is 18.2. The lowest BCUT2D eigenvalue weighted by Gasteiger charge is -2.47. The SMILES string of the molecule is Cc1cnc(-c2ccc(C)c(C3C(=O)C(C)(C)OC(C)(C)C3O)c2)s1. The largest absolute Gasteiger partial charge is 0.389 e. The minimum Gasteiger partial charge on any atom is -0.389 e. The average molecular weight is 359 g/mol.